The Morgan fingerprint density at radius 3 is 2.41 bits per heavy atom. The molecule has 26 heteroatoms. The van der Waals surface area contributed by atoms with Crippen molar-refractivity contribution in [3.63, 3.8) is 0 Å². The van der Waals surface area contributed by atoms with Crippen LogP contribution in [0, 0.1) is 35.5 Å². The molecule has 10 heterocycles. The van der Waals surface area contributed by atoms with Crippen molar-refractivity contribution in [1.29, 1.82) is 0 Å². The molecule has 16 unspecified atom stereocenters. The first-order chi connectivity index (χ1) is 41.9. The molecule has 14 rings (SSSR count). The number of carbonyl (C=O) groups excluding carboxylic acids is 2. The standard InChI is InChI=1S/C62H63N3O23/c66-15-10-30-17-31(20-41(71)48(30)72)42-22-40(70)46-43(84-42)23-44-45(49(46)73)35(32-19-36-29-4-1-6-33(18-29)65-54(36)64-25-32)21-37-34-7-8-38(68)39(69)16-27(26-67)24-60-51(75)53(77)62(82,83)58(87-60,55(78)79)12-3-13-59(56(80)86-60)57(81,11-2-5-28-9-14-63-47(28)34)50(74)52(76)61(37,85-44)88-59/h9,14,17,19-23,25,27,29,33-35,38,50-54,63-68,71-77,81-83H,1,4,6-8,10-11,13,15-16,18,24,26H2,(H,78,79). The summed E-state index contributed by atoms with van der Waals surface area (Å²) in [5, 5.41) is 172. The zero-order valence-electron chi connectivity index (χ0n) is 46.7. The summed E-state index contributed by atoms with van der Waals surface area (Å²) in [7, 11) is 0. The van der Waals surface area contributed by atoms with E-state index >= 15 is 4.79 Å². The van der Waals surface area contributed by atoms with Gasteiger partial charge in [-0.25, -0.2) is 9.59 Å². The van der Waals surface area contributed by atoms with E-state index in [4.69, 9.17) is 23.4 Å². The maximum Gasteiger partial charge on any atom is 0.354 e. The minimum absolute atomic E-state index is 0.00717. The molecule has 16 atom stereocenters. The number of aliphatic hydroxyl groups is 10. The van der Waals surface area contributed by atoms with Gasteiger partial charge in [-0.05, 0) is 85.6 Å². The lowest BCUT2D eigenvalue weighted by Gasteiger charge is -2.59. The Balaban J connectivity index is 1.14. The first-order valence-electron chi connectivity index (χ1n) is 29.0. The SMILES string of the molecule is O=C1CC(CO)CC23OC(=O)C4(CC#CC(C(=O)O)(O2)C(O)(O)C(O)C3O)OC23Oc5cc6oc(-c7cc(O)c(O)c(CCO)c7)cc(=O)c6c(O)c5C(C5=CNC6NC7CCCC(C7)C6=C5)C=C2C(CCC1O)c1[nH]ccc1C#CCC4(O)C(O)C3O. The molecule has 0 amide bonds. The van der Waals surface area contributed by atoms with Crippen LogP contribution in [0.1, 0.15) is 98.4 Å². The highest BCUT2D eigenvalue weighted by atomic mass is 16.8. The van der Waals surface area contributed by atoms with Crippen LogP contribution in [0.3, 0.4) is 0 Å². The lowest BCUT2D eigenvalue weighted by Crippen LogP contribution is -2.81. The van der Waals surface area contributed by atoms with Crippen LogP contribution in [-0.4, -0.2) is 184 Å². The highest BCUT2D eigenvalue weighted by Gasteiger charge is 2.78. The van der Waals surface area contributed by atoms with Gasteiger partial charge in [0, 0.05) is 108 Å². The lowest BCUT2D eigenvalue weighted by molar-refractivity contribution is -0.434. The number of hydrogen-bond donors (Lipinski definition) is 17. The van der Waals surface area contributed by atoms with Gasteiger partial charge in [0.25, 0.3) is 11.4 Å². The summed E-state index contributed by atoms with van der Waals surface area (Å²) < 4.78 is 32.7. The van der Waals surface area contributed by atoms with Gasteiger partial charge >= 0.3 is 11.9 Å². The lowest BCUT2D eigenvalue weighted by atomic mass is 9.66. The van der Waals surface area contributed by atoms with Crippen LogP contribution in [0.15, 0.2) is 80.8 Å². The zero-order valence-corrected chi connectivity index (χ0v) is 46.7. The highest BCUT2D eigenvalue weighted by molar-refractivity contribution is 5.90. The van der Waals surface area contributed by atoms with Crippen LogP contribution >= 0.6 is 0 Å². The number of allylic oxidation sites excluding steroid dienone is 3. The Kier molecular flexibility index (Phi) is 14.2. The number of rotatable bonds is 6. The number of ketones is 1. The summed E-state index contributed by atoms with van der Waals surface area (Å²) in [6.07, 6.45) is -9.38. The molecule has 88 heavy (non-hydrogen) atoms. The summed E-state index contributed by atoms with van der Waals surface area (Å²) in [6, 6.07) is 6.27. The fraction of sp³-hybridized carbons (Fsp3) is 0.484. The molecule has 5 fully saturated rings. The summed E-state index contributed by atoms with van der Waals surface area (Å²) >= 11 is 0. The predicted octanol–water partition coefficient (Wildman–Crippen LogP) is -0.784. The minimum Gasteiger partial charge on any atom is -0.507 e. The number of phenols is 3. The molecule has 4 aromatic rings. The van der Waals surface area contributed by atoms with Crippen molar-refractivity contribution in [3.8, 4) is 58.0 Å². The molecule has 3 spiro atoms. The smallest absolute Gasteiger partial charge is 0.354 e. The summed E-state index contributed by atoms with van der Waals surface area (Å²) in [6.45, 7) is -1.52. The second kappa shape index (κ2) is 21.0. The van der Waals surface area contributed by atoms with E-state index in [1.165, 1.54) is 24.4 Å². The molecule has 464 valence electrons. The average Bonchev–Trinajstić information content (AvgIpc) is 1.26. The van der Waals surface area contributed by atoms with E-state index in [9.17, 15) is 85.9 Å². The fourth-order valence-corrected chi connectivity index (χ4v) is 14.8. The molecule has 10 aliphatic rings. The van der Waals surface area contributed by atoms with E-state index in [1.54, 1.807) is 6.20 Å². The molecular weight excluding hydrogens is 1150 g/mol. The van der Waals surface area contributed by atoms with Gasteiger partial charge in [-0.3, -0.25) is 14.9 Å². The largest absolute Gasteiger partial charge is 0.507 e. The molecule has 2 aromatic heterocycles. The molecule has 0 radical (unpaired) electrons. The van der Waals surface area contributed by atoms with Crippen LogP contribution in [0.25, 0.3) is 22.3 Å². The first kappa shape index (κ1) is 59.3. The van der Waals surface area contributed by atoms with Crippen molar-refractivity contribution < 1.29 is 109 Å². The number of carboxylic acid groups (broad SMARTS) is 1. The Morgan fingerprint density at radius 1 is 0.852 bits per heavy atom. The Morgan fingerprint density at radius 2 is 1.65 bits per heavy atom. The van der Waals surface area contributed by atoms with Crippen molar-refractivity contribution in [3.05, 3.63) is 104 Å². The van der Waals surface area contributed by atoms with Crippen LogP contribution < -0.4 is 20.8 Å². The summed E-state index contributed by atoms with van der Waals surface area (Å²) in [4.78, 5) is 62.2. The van der Waals surface area contributed by atoms with Crippen LogP contribution in [0.2, 0.25) is 0 Å². The zero-order chi connectivity index (χ0) is 62.4. The number of benzene rings is 2. The maximum atomic E-state index is 16.3. The fourth-order valence-electron chi connectivity index (χ4n) is 14.8. The second-order valence-corrected chi connectivity index (χ2v) is 24.4. The molecule has 17 N–H and O–H groups in total. The highest BCUT2D eigenvalue weighted by Crippen LogP contribution is 2.60. The van der Waals surface area contributed by atoms with Gasteiger partial charge in [0.05, 0.1) is 12.6 Å². The van der Waals surface area contributed by atoms with E-state index in [-0.39, 0.29) is 70.2 Å². The number of fused-ring (bicyclic) bond motifs is 10. The number of hydrogen-bond acceptors (Lipinski definition) is 24. The molecule has 1 saturated carbocycles. The van der Waals surface area contributed by atoms with Crippen LogP contribution in [0.5, 0.6) is 23.0 Å². The number of aromatic hydroxyl groups is 3. The van der Waals surface area contributed by atoms with Gasteiger partial charge in [0.1, 0.15) is 52.1 Å². The third-order valence-corrected chi connectivity index (χ3v) is 19.4. The molecule has 8 aliphatic heterocycles. The Hall–Kier alpha value is -7.64. The first-order valence-corrected chi connectivity index (χ1v) is 29.0. The van der Waals surface area contributed by atoms with Crippen LogP contribution in [-0.2, 0) is 35.0 Å². The molecule has 2 aliphatic carbocycles. The molecule has 26 nitrogen and oxygen atoms in total. The van der Waals surface area contributed by atoms with E-state index < -0.39 is 185 Å². The van der Waals surface area contributed by atoms with Gasteiger partial charge in [-0.1, -0.05) is 36.3 Å². The van der Waals surface area contributed by atoms with Gasteiger partial charge in [0.2, 0.25) is 17.2 Å². The molecular formula is C62H63N3O23. The number of aromatic nitrogens is 1. The number of aromatic amines is 1. The van der Waals surface area contributed by atoms with Gasteiger partial charge in [0.15, 0.2) is 34.9 Å². The van der Waals surface area contributed by atoms with Crippen molar-refractivity contribution in [2.75, 3.05) is 13.2 Å². The van der Waals surface area contributed by atoms with Crippen LogP contribution in [0.4, 0.5) is 0 Å². The van der Waals surface area contributed by atoms with Crippen molar-refractivity contribution in [2.45, 2.75) is 159 Å². The number of nitrogens with one attached hydrogen (secondary N) is 3. The number of carbonyl (C=O) groups is 3. The molecule has 8 bridgehead atoms. The Bertz CT molecular complexity index is 3920. The molecule has 2 aromatic carbocycles. The van der Waals surface area contributed by atoms with Crippen molar-refractivity contribution in [1.82, 2.24) is 15.6 Å². The second-order valence-electron chi connectivity index (χ2n) is 24.4. The number of Topliss-reactive ketones (excluding diaryl/α,β-unsaturated/α-hetero) is 1. The van der Waals surface area contributed by atoms with Crippen molar-refractivity contribution in [2.24, 2.45) is 11.8 Å². The van der Waals surface area contributed by atoms with E-state index in [2.05, 4.69) is 39.3 Å². The third-order valence-electron chi connectivity index (χ3n) is 19.4. The third kappa shape index (κ3) is 8.61. The van der Waals surface area contributed by atoms with Gasteiger partial charge in [-0.2, -0.15) is 0 Å². The number of H-pyrrole nitrogens is 1. The number of phenolic OH excluding ortho intramolecular Hbond substituents is 3. The summed E-state index contributed by atoms with van der Waals surface area (Å²) in [5.74, 6) is -13.2. The topological polar surface area (TPSA) is 441 Å². The van der Waals surface area contributed by atoms with E-state index in [0.717, 1.165) is 49.5 Å². The number of esters is 1. The summed E-state index contributed by atoms with van der Waals surface area (Å²) in [5.41, 5.74) is -10.8. The van der Waals surface area contributed by atoms with E-state index in [0.29, 0.717) is 5.57 Å². The van der Waals surface area contributed by atoms with Gasteiger partial charge in [-0.15, -0.1) is 0 Å². The monoisotopic (exact) mass is 1220 g/mol. The average molecular weight is 1220 g/mol. The number of carboxylic acids is 1. The number of aliphatic hydroxyl groups excluding tert-OH is 7. The predicted molar refractivity (Wildman–Crippen MR) is 298 cm³/mol. The number of aliphatic carboxylic acids is 1. The Labute approximate surface area is 498 Å². The van der Waals surface area contributed by atoms with E-state index in [1.807, 2.05) is 6.08 Å². The van der Waals surface area contributed by atoms with Gasteiger partial charge < -0.3 is 105 Å². The number of dihydropyridines is 1. The number of ether oxygens (including phenoxy) is 4. The normalized spacial score (nSPS) is 37.1. The van der Waals surface area contributed by atoms with Crippen molar-refractivity contribution >= 4 is 28.7 Å². The maximum absolute atomic E-state index is 16.3. The minimum atomic E-state index is -4.11. The molecule has 4 saturated heterocycles. The quantitative estimate of drug-likeness (QED) is 0.0370. The number of piperidine rings is 1.